The fourth-order valence-electron chi connectivity index (χ4n) is 4.28. The van der Waals surface area contributed by atoms with Crippen molar-refractivity contribution in [1.29, 1.82) is 0 Å². The van der Waals surface area contributed by atoms with Crippen molar-refractivity contribution in [3.63, 3.8) is 0 Å². The highest BCUT2D eigenvalue weighted by atomic mass is 127. The van der Waals surface area contributed by atoms with Crippen LogP contribution < -0.4 is 39.2 Å². The molecule has 2 N–H and O–H groups in total. The van der Waals surface area contributed by atoms with E-state index in [4.69, 9.17) is 0 Å². The highest BCUT2D eigenvalue weighted by molar-refractivity contribution is 5.71. The molecule has 0 aliphatic carbocycles. The van der Waals surface area contributed by atoms with Crippen LogP contribution in [0.4, 0.5) is 23.0 Å². The van der Waals surface area contributed by atoms with Crippen LogP contribution in [0, 0.1) is 0 Å². The average Bonchev–Trinajstić information content (AvgIpc) is 3.44. The molecule has 3 heterocycles. The number of halogens is 1. The summed E-state index contributed by atoms with van der Waals surface area (Å²) in [6, 6.07) is 40.1. The number of hydrogen-bond donors (Lipinski definition) is 2. The van der Waals surface area contributed by atoms with Crippen molar-refractivity contribution in [3.8, 4) is 11.4 Å². The minimum Gasteiger partial charge on any atom is -1.00 e. The van der Waals surface area contributed by atoms with E-state index in [0.717, 1.165) is 34.0 Å². The number of imidazole rings is 1. The van der Waals surface area contributed by atoms with Crippen molar-refractivity contribution < 1.29 is 28.5 Å². The van der Waals surface area contributed by atoms with Crippen molar-refractivity contribution in [2.45, 2.75) is 0 Å². The fourth-order valence-corrected chi connectivity index (χ4v) is 4.28. The minimum absolute atomic E-state index is 0. The maximum atomic E-state index is 4.48. The molecule has 0 saturated carbocycles. The Hall–Kier alpha value is -5.16. The summed E-state index contributed by atoms with van der Waals surface area (Å²) in [5, 5.41) is 6.51. The van der Waals surface area contributed by atoms with Gasteiger partial charge >= 0.3 is 5.65 Å². The molecule has 42 heavy (non-hydrogen) atoms. The normalized spacial score (nSPS) is 10.2. The Morgan fingerprint density at radius 2 is 0.952 bits per heavy atom. The second kappa shape index (κ2) is 14.0. The molecular formula is C33H27IN8. The predicted octanol–water partition coefficient (Wildman–Crippen LogP) is 3.67. The molecule has 0 spiro atoms. The van der Waals surface area contributed by atoms with Gasteiger partial charge in [0.25, 0.3) is 5.65 Å². The van der Waals surface area contributed by atoms with Gasteiger partial charge in [0.2, 0.25) is 6.33 Å². The lowest BCUT2D eigenvalue weighted by Gasteiger charge is -2.11. The quantitative estimate of drug-likeness (QED) is 0.209. The fraction of sp³-hybridized carbons (Fsp3) is 0. The van der Waals surface area contributed by atoms with Gasteiger partial charge in [0.05, 0.1) is 6.20 Å². The zero-order chi connectivity index (χ0) is 27.7. The Morgan fingerprint density at radius 1 is 0.500 bits per heavy atom. The second-order valence-corrected chi connectivity index (χ2v) is 8.97. The van der Waals surface area contributed by atoms with Crippen molar-refractivity contribution in [1.82, 2.24) is 24.5 Å². The topological polar surface area (TPSA) is 84.4 Å². The third kappa shape index (κ3) is 6.76. The van der Waals surface area contributed by atoms with Gasteiger partial charge in [-0.25, -0.2) is 19.5 Å². The first-order valence-electron chi connectivity index (χ1n) is 13.1. The number of hydrogen-bond acceptors (Lipinski definition) is 6. The summed E-state index contributed by atoms with van der Waals surface area (Å²) < 4.78 is 4.10. The lowest BCUT2D eigenvalue weighted by molar-refractivity contribution is -0.570. The molecule has 0 aliphatic rings. The maximum Gasteiger partial charge on any atom is 0.327 e. The van der Waals surface area contributed by atoms with E-state index in [1.54, 1.807) is 24.8 Å². The smallest absolute Gasteiger partial charge is 0.327 e. The van der Waals surface area contributed by atoms with Crippen LogP contribution in [0.2, 0.25) is 0 Å². The molecule has 7 rings (SSSR count). The summed E-state index contributed by atoms with van der Waals surface area (Å²) in [4.78, 5) is 17.6. The summed E-state index contributed by atoms with van der Waals surface area (Å²) in [5.41, 5.74) is 5.77. The van der Waals surface area contributed by atoms with E-state index >= 15 is 0 Å². The van der Waals surface area contributed by atoms with E-state index in [-0.39, 0.29) is 24.0 Å². The summed E-state index contributed by atoms with van der Waals surface area (Å²) in [6.07, 6.45) is 8.80. The molecule has 4 aromatic carbocycles. The van der Waals surface area contributed by atoms with Crippen LogP contribution >= 0.6 is 0 Å². The first kappa shape index (κ1) is 28.4. The van der Waals surface area contributed by atoms with E-state index in [1.807, 2.05) is 103 Å². The Bertz CT molecular complexity index is 1700. The molecule has 8 nitrogen and oxygen atoms in total. The van der Waals surface area contributed by atoms with Gasteiger partial charge in [-0.1, -0.05) is 72.8 Å². The number of rotatable bonds is 6. The Balaban J connectivity index is 0.000000164. The Kier molecular flexibility index (Phi) is 9.42. The van der Waals surface area contributed by atoms with E-state index in [1.165, 1.54) is 0 Å². The summed E-state index contributed by atoms with van der Waals surface area (Å²) in [5.74, 6) is 1.39. The Morgan fingerprint density at radius 3 is 1.50 bits per heavy atom. The van der Waals surface area contributed by atoms with E-state index in [2.05, 4.69) is 64.0 Å². The van der Waals surface area contributed by atoms with Gasteiger partial charge in [-0.05, 0) is 48.5 Å². The molecule has 0 unspecified atom stereocenters. The van der Waals surface area contributed by atoms with Gasteiger partial charge in [0.15, 0.2) is 11.6 Å². The van der Waals surface area contributed by atoms with Crippen molar-refractivity contribution >= 4 is 34.3 Å². The first-order chi connectivity index (χ1) is 20.3. The SMILES string of the molecule is [I-].c1ccc(-n2c[n+](-c3ccccc3)c3nccnc32)cc1.c1ccc(Nc2nccnc2Nc2ccccc2)cc1. The predicted molar refractivity (Wildman–Crippen MR) is 162 cm³/mol. The van der Waals surface area contributed by atoms with E-state index in [9.17, 15) is 0 Å². The molecule has 0 saturated heterocycles. The lowest BCUT2D eigenvalue weighted by Crippen LogP contribution is -3.00. The number of anilines is 4. The molecule has 0 amide bonds. The highest BCUT2D eigenvalue weighted by Crippen LogP contribution is 2.23. The van der Waals surface area contributed by atoms with E-state index in [0.29, 0.717) is 11.6 Å². The molecule has 0 radical (unpaired) electrons. The third-order valence-corrected chi connectivity index (χ3v) is 6.19. The molecule has 3 aromatic heterocycles. The zero-order valence-electron chi connectivity index (χ0n) is 22.5. The lowest BCUT2D eigenvalue weighted by atomic mass is 10.3. The maximum absolute atomic E-state index is 4.48. The molecule has 0 aliphatic heterocycles. The largest absolute Gasteiger partial charge is 1.00 e. The van der Waals surface area contributed by atoms with Crippen LogP contribution in [-0.2, 0) is 0 Å². The molecule has 0 bridgehead atoms. The van der Waals surface area contributed by atoms with Crippen LogP contribution in [0.3, 0.4) is 0 Å². The molecule has 0 atom stereocenters. The van der Waals surface area contributed by atoms with Gasteiger partial charge in [-0.15, -0.1) is 4.98 Å². The second-order valence-electron chi connectivity index (χ2n) is 8.97. The van der Waals surface area contributed by atoms with Crippen molar-refractivity contribution in [2.75, 3.05) is 10.6 Å². The molecular weight excluding hydrogens is 635 g/mol. The van der Waals surface area contributed by atoms with E-state index < -0.39 is 0 Å². The molecule has 7 aromatic rings. The Labute approximate surface area is 260 Å². The minimum atomic E-state index is 0. The van der Waals surface area contributed by atoms with Gasteiger partial charge in [-0.2, -0.15) is 4.57 Å². The van der Waals surface area contributed by atoms with Crippen LogP contribution in [0.15, 0.2) is 152 Å². The number of fused-ring (bicyclic) bond motifs is 1. The summed E-state index contributed by atoms with van der Waals surface area (Å²) in [6.45, 7) is 0. The van der Waals surface area contributed by atoms with Crippen molar-refractivity contribution in [2.24, 2.45) is 0 Å². The third-order valence-electron chi connectivity index (χ3n) is 6.19. The molecule has 0 fully saturated rings. The van der Waals surface area contributed by atoms with Crippen molar-refractivity contribution in [3.05, 3.63) is 152 Å². The monoisotopic (exact) mass is 662 g/mol. The number of para-hydroxylation sites is 4. The number of nitrogens with one attached hydrogen (secondary N) is 2. The standard InChI is InChI=1S/C17H13N4.C16H14N4.HI/c1-3-7-14(8-4-1)20-13-21(15-9-5-2-6-10-15)17-16(20)18-11-12-19-17;1-3-7-13(8-4-1)19-15-16(18-12-11-17-15)20-14-9-5-2-6-10-14;/h1-13H;1-12H,(H,17,19)(H,18,20);1H/q+1;;/p-1. The van der Waals surface area contributed by atoms with Gasteiger partial charge in [0, 0.05) is 23.8 Å². The number of nitrogens with zero attached hydrogens (tertiary/aromatic N) is 6. The summed E-state index contributed by atoms with van der Waals surface area (Å²) in [7, 11) is 0. The number of aromatic nitrogens is 6. The highest BCUT2D eigenvalue weighted by Gasteiger charge is 2.19. The van der Waals surface area contributed by atoms with Crippen LogP contribution in [0.25, 0.3) is 22.7 Å². The van der Waals surface area contributed by atoms with Crippen LogP contribution in [-0.4, -0.2) is 24.5 Å². The number of benzene rings is 4. The van der Waals surface area contributed by atoms with Gasteiger partial charge in [-0.3, -0.25) is 0 Å². The molecule has 206 valence electrons. The molecule has 9 heteroatoms. The van der Waals surface area contributed by atoms with Crippen LogP contribution in [0.1, 0.15) is 0 Å². The van der Waals surface area contributed by atoms with Gasteiger partial charge in [0.1, 0.15) is 17.6 Å². The average molecular weight is 663 g/mol. The summed E-state index contributed by atoms with van der Waals surface area (Å²) >= 11 is 0. The van der Waals surface area contributed by atoms with Gasteiger partial charge < -0.3 is 34.6 Å². The first-order valence-corrected chi connectivity index (χ1v) is 13.1. The van der Waals surface area contributed by atoms with Crippen LogP contribution in [0.5, 0.6) is 0 Å². The zero-order valence-corrected chi connectivity index (χ0v) is 24.7.